The highest BCUT2D eigenvalue weighted by atomic mass is 16.2. The van der Waals surface area contributed by atoms with E-state index in [9.17, 15) is 4.79 Å². The molecule has 3 nitrogen and oxygen atoms in total. The standard InChI is InChI=1S/C13H24N2O/c1-2-11-5-4-9-15(10-7-11)13(16)12-6-3-8-14-12/h11-12,14H,2-10H2,1H3. The van der Waals surface area contributed by atoms with Gasteiger partial charge in [0, 0.05) is 13.1 Å². The molecule has 1 N–H and O–H groups in total. The lowest BCUT2D eigenvalue weighted by Crippen LogP contribution is -2.44. The van der Waals surface area contributed by atoms with Crippen molar-refractivity contribution in [1.82, 2.24) is 10.2 Å². The van der Waals surface area contributed by atoms with Gasteiger partial charge in [-0.15, -0.1) is 0 Å². The van der Waals surface area contributed by atoms with Crippen LogP contribution in [-0.2, 0) is 4.79 Å². The lowest BCUT2D eigenvalue weighted by molar-refractivity contribution is -0.133. The second kappa shape index (κ2) is 5.67. The molecule has 92 valence electrons. The Bertz CT molecular complexity index is 236. The molecular weight excluding hydrogens is 200 g/mol. The number of likely N-dealkylation sites (tertiary alicyclic amines) is 1. The number of nitrogens with one attached hydrogen (secondary N) is 1. The van der Waals surface area contributed by atoms with E-state index in [1.54, 1.807) is 0 Å². The summed E-state index contributed by atoms with van der Waals surface area (Å²) in [4.78, 5) is 14.3. The van der Waals surface area contributed by atoms with Gasteiger partial charge in [-0.25, -0.2) is 0 Å². The maximum atomic E-state index is 12.2. The summed E-state index contributed by atoms with van der Waals surface area (Å²) in [5.41, 5.74) is 0. The minimum atomic E-state index is 0.123. The van der Waals surface area contributed by atoms with Gasteiger partial charge in [0.25, 0.3) is 0 Å². The number of carbonyl (C=O) groups is 1. The minimum absolute atomic E-state index is 0.123. The van der Waals surface area contributed by atoms with Gasteiger partial charge in [0.15, 0.2) is 0 Å². The van der Waals surface area contributed by atoms with Crippen LogP contribution in [-0.4, -0.2) is 36.5 Å². The molecule has 2 aliphatic rings. The molecule has 0 spiro atoms. The van der Waals surface area contributed by atoms with Gasteiger partial charge in [0.1, 0.15) is 0 Å². The van der Waals surface area contributed by atoms with Gasteiger partial charge in [0.2, 0.25) is 5.91 Å². The van der Waals surface area contributed by atoms with Crippen molar-refractivity contribution in [3.05, 3.63) is 0 Å². The molecule has 0 radical (unpaired) electrons. The Kier molecular flexibility index (Phi) is 4.22. The van der Waals surface area contributed by atoms with Crippen LogP contribution in [0.1, 0.15) is 45.4 Å². The predicted octanol–water partition coefficient (Wildman–Crippen LogP) is 1.78. The number of carbonyl (C=O) groups excluding carboxylic acids is 1. The first-order valence-corrected chi connectivity index (χ1v) is 6.83. The van der Waals surface area contributed by atoms with E-state index in [0.717, 1.165) is 38.4 Å². The lowest BCUT2D eigenvalue weighted by Gasteiger charge is -2.24. The van der Waals surface area contributed by atoms with Gasteiger partial charge in [-0.2, -0.15) is 0 Å². The summed E-state index contributed by atoms with van der Waals surface area (Å²) in [6, 6.07) is 0.123. The van der Waals surface area contributed by atoms with Crippen molar-refractivity contribution in [1.29, 1.82) is 0 Å². The number of hydrogen-bond donors (Lipinski definition) is 1. The van der Waals surface area contributed by atoms with Crippen molar-refractivity contribution < 1.29 is 4.79 Å². The highest BCUT2D eigenvalue weighted by molar-refractivity contribution is 5.82. The fourth-order valence-electron chi connectivity index (χ4n) is 2.91. The summed E-state index contributed by atoms with van der Waals surface area (Å²) in [5, 5.41) is 3.31. The van der Waals surface area contributed by atoms with Gasteiger partial charge < -0.3 is 10.2 Å². The van der Waals surface area contributed by atoms with Crippen LogP contribution in [0.2, 0.25) is 0 Å². The Hall–Kier alpha value is -0.570. The smallest absolute Gasteiger partial charge is 0.239 e. The van der Waals surface area contributed by atoms with E-state index in [1.165, 1.54) is 25.7 Å². The molecule has 2 saturated heterocycles. The van der Waals surface area contributed by atoms with Crippen LogP contribution in [0.4, 0.5) is 0 Å². The van der Waals surface area contributed by atoms with Gasteiger partial charge >= 0.3 is 0 Å². The molecule has 2 atom stereocenters. The Morgan fingerprint density at radius 1 is 1.25 bits per heavy atom. The summed E-state index contributed by atoms with van der Waals surface area (Å²) in [7, 11) is 0. The van der Waals surface area contributed by atoms with Crippen LogP contribution in [0.25, 0.3) is 0 Å². The van der Waals surface area contributed by atoms with Gasteiger partial charge in [0.05, 0.1) is 6.04 Å². The number of nitrogens with zero attached hydrogens (tertiary/aromatic N) is 1. The summed E-state index contributed by atoms with van der Waals surface area (Å²) in [6.07, 6.45) is 7.16. The molecule has 2 unspecified atom stereocenters. The number of rotatable bonds is 2. The van der Waals surface area contributed by atoms with Crippen LogP contribution in [0.3, 0.4) is 0 Å². The first-order valence-electron chi connectivity index (χ1n) is 6.83. The molecule has 2 rings (SSSR count). The molecule has 0 aromatic rings. The first kappa shape index (κ1) is 11.9. The summed E-state index contributed by atoms with van der Waals surface area (Å²) >= 11 is 0. The Morgan fingerprint density at radius 2 is 2.12 bits per heavy atom. The van der Waals surface area contributed by atoms with E-state index in [0.29, 0.717) is 5.91 Å². The Labute approximate surface area is 98.6 Å². The third-order valence-electron chi connectivity index (χ3n) is 4.10. The highest BCUT2D eigenvalue weighted by Crippen LogP contribution is 2.21. The van der Waals surface area contributed by atoms with Crippen molar-refractivity contribution in [3.63, 3.8) is 0 Å². The second-order valence-corrected chi connectivity index (χ2v) is 5.18. The van der Waals surface area contributed by atoms with Crippen molar-refractivity contribution in [2.24, 2.45) is 5.92 Å². The summed E-state index contributed by atoms with van der Waals surface area (Å²) in [5.74, 6) is 1.20. The average molecular weight is 224 g/mol. The van der Waals surface area contributed by atoms with Gasteiger partial charge in [-0.05, 0) is 44.6 Å². The summed E-state index contributed by atoms with van der Waals surface area (Å²) in [6.45, 7) is 5.24. The molecule has 1 amide bonds. The van der Waals surface area contributed by atoms with E-state index in [2.05, 4.69) is 17.1 Å². The molecule has 3 heteroatoms. The molecule has 0 bridgehead atoms. The van der Waals surface area contributed by atoms with E-state index < -0.39 is 0 Å². The van der Waals surface area contributed by atoms with Crippen LogP contribution < -0.4 is 5.32 Å². The fourth-order valence-corrected chi connectivity index (χ4v) is 2.91. The Balaban J connectivity index is 1.86. The second-order valence-electron chi connectivity index (χ2n) is 5.18. The SMILES string of the molecule is CCC1CCCN(C(=O)C2CCCN2)CC1. The quantitative estimate of drug-likeness (QED) is 0.775. The zero-order chi connectivity index (χ0) is 11.4. The van der Waals surface area contributed by atoms with Crippen LogP contribution in [0.15, 0.2) is 0 Å². The van der Waals surface area contributed by atoms with Crippen molar-refractivity contribution >= 4 is 5.91 Å². The molecule has 2 fully saturated rings. The summed E-state index contributed by atoms with van der Waals surface area (Å²) < 4.78 is 0. The van der Waals surface area contributed by atoms with E-state index in [4.69, 9.17) is 0 Å². The monoisotopic (exact) mass is 224 g/mol. The molecule has 0 aromatic carbocycles. The average Bonchev–Trinajstić information content (AvgIpc) is 2.73. The molecule has 0 aromatic heterocycles. The molecule has 0 aliphatic carbocycles. The molecular formula is C13H24N2O. The van der Waals surface area contributed by atoms with E-state index in [-0.39, 0.29) is 6.04 Å². The van der Waals surface area contributed by atoms with Crippen molar-refractivity contribution in [2.45, 2.75) is 51.5 Å². The van der Waals surface area contributed by atoms with Gasteiger partial charge in [-0.3, -0.25) is 4.79 Å². The number of hydrogen-bond acceptors (Lipinski definition) is 2. The van der Waals surface area contributed by atoms with E-state index in [1.807, 2.05) is 0 Å². The predicted molar refractivity (Wildman–Crippen MR) is 65.2 cm³/mol. The Morgan fingerprint density at radius 3 is 2.81 bits per heavy atom. The highest BCUT2D eigenvalue weighted by Gasteiger charge is 2.28. The zero-order valence-corrected chi connectivity index (χ0v) is 10.4. The van der Waals surface area contributed by atoms with Crippen molar-refractivity contribution in [2.75, 3.05) is 19.6 Å². The first-order chi connectivity index (χ1) is 7.81. The fraction of sp³-hybridized carbons (Fsp3) is 0.923. The molecule has 0 saturated carbocycles. The van der Waals surface area contributed by atoms with Crippen LogP contribution in [0, 0.1) is 5.92 Å². The van der Waals surface area contributed by atoms with Crippen molar-refractivity contribution in [3.8, 4) is 0 Å². The topological polar surface area (TPSA) is 32.3 Å². The zero-order valence-electron chi connectivity index (χ0n) is 10.4. The van der Waals surface area contributed by atoms with Crippen LogP contribution in [0.5, 0.6) is 0 Å². The molecule has 2 aliphatic heterocycles. The van der Waals surface area contributed by atoms with Gasteiger partial charge in [-0.1, -0.05) is 13.3 Å². The lowest BCUT2D eigenvalue weighted by atomic mass is 9.98. The number of amides is 1. The maximum Gasteiger partial charge on any atom is 0.239 e. The molecule has 16 heavy (non-hydrogen) atoms. The van der Waals surface area contributed by atoms with E-state index >= 15 is 0 Å². The van der Waals surface area contributed by atoms with Crippen LogP contribution >= 0.6 is 0 Å². The largest absolute Gasteiger partial charge is 0.341 e. The minimum Gasteiger partial charge on any atom is -0.341 e. The normalized spacial score (nSPS) is 31.4. The molecule has 2 heterocycles. The third kappa shape index (κ3) is 2.76. The third-order valence-corrected chi connectivity index (χ3v) is 4.10. The maximum absolute atomic E-state index is 12.2.